The second-order valence-corrected chi connectivity index (χ2v) is 11.3. The van der Waals surface area contributed by atoms with Crippen molar-refractivity contribution in [2.75, 3.05) is 0 Å². The van der Waals surface area contributed by atoms with E-state index in [0.717, 1.165) is 6.07 Å². The van der Waals surface area contributed by atoms with Crippen molar-refractivity contribution in [3.63, 3.8) is 0 Å². The fraction of sp³-hybridized carbons (Fsp3) is 0.360. The van der Waals surface area contributed by atoms with Gasteiger partial charge in [0.2, 0.25) is 0 Å². The fourth-order valence-electron chi connectivity index (χ4n) is 4.14. The van der Waals surface area contributed by atoms with Gasteiger partial charge in [0.1, 0.15) is 0 Å². The van der Waals surface area contributed by atoms with Gasteiger partial charge in [-0.05, 0) is 42.0 Å². The lowest BCUT2D eigenvalue weighted by Crippen LogP contribution is -2.14. The molecule has 35 heavy (non-hydrogen) atoms. The molecule has 0 amide bonds. The smallest absolute Gasteiger partial charge is 0.347 e. The Balaban J connectivity index is 1.96. The summed E-state index contributed by atoms with van der Waals surface area (Å²) in [6.07, 6.45) is -7.67. The molecule has 0 bridgehead atoms. The van der Waals surface area contributed by atoms with Crippen molar-refractivity contribution >= 4 is 26.3 Å². The monoisotopic (exact) mass is 515 g/mol. The van der Waals surface area contributed by atoms with Gasteiger partial charge in [0.05, 0.1) is 16.4 Å². The van der Waals surface area contributed by atoms with E-state index in [1.54, 1.807) is 4.57 Å². The van der Waals surface area contributed by atoms with Gasteiger partial charge in [-0.25, -0.2) is 8.42 Å². The summed E-state index contributed by atoms with van der Waals surface area (Å²) in [5.41, 5.74) is -2.05. The Bertz CT molecular complexity index is 1390. The number of nitrogens with zero attached hydrogens (tertiary/aromatic N) is 1. The Hall–Kier alpha value is -2.75. The number of fused-ring (bicyclic) bond motifs is 1. The molecule has 0 radical (unpaired) electrons. The van der Waals surface area contributed by atoms with E-state index in [4.69, 9.17) is 0 Å². The molecule has 0 N–H and O–H groups in total. The average Bonchev–Trinajstić information content (AvgIpc) is 3.55. The van der Waals surface area contributed by atoms with E-state index in [0.29, 0.717) is 30.3 Å². The molecular formula is C25H23F6NO2S. The van der Waals surface area contributed by atoms with Gasteiger partial charge in [-0.2, -0.15) is 26.3 Å². The average molecular weight is 516 g/mol. The molecule has 3 aromatic rings. The molecule has 10 heteroatoms. The van der Waals surface area contributed by atoms with Gasteiger partial charge < -0.3 is 4.57 Å². The van der Waals surface area contributed by atoms with Crippen molar-refractivity contribution in [1.29, 1.82) is 0 Å². The van der Waals surface area contributed by atoms with Gasteiger partial charge >= 0.3 is 12.4 Å². The SMILES string of the molecule is CC(C)Cn1cc(C(=CS(=O)(=O)C2CC2)C(F)(F)F)c2ccc(-c3ccccc3C(F)(F)F)cc21. The molecule has 2 aromatic carbocycles. The van der Waals surface area contributed by atoms with Crippen molar-refractivity contribution in [3.05, 3.63) is 65.2 Å². The Morgan fingerprint density at radius 2 is 1.71 bits per heavy atom. The van der Waals surface area contributed by atoms with Crippen LogP contribution in [0.15, 0.2) is 54.1 Å². The minimum atomic E-state index is -4.94. The van der Waals surface area contributed by atoms with Gasteiger partial charge in [-0.1, -0.05) is 44.2 Å². The van der Waals surface area contributed by atoms with Crippen LogP contribution in [-0.4, -0.2) is 24.4 Å². The number of hydrogen-bond acceptors (Lipinski definition) is 2. The molecule has 0 spiro atoms. The number of sulfone groups is 1. The van der Waals surface area contributed by atoms with Crippen molar-refractivity contribution in [2.45, 2.75) is 50.8 Å². The second kappa shape index (κ2) is 8.72. The van der Waals surface area contributed by atoms with Crippen LogP contribution in [0.25, 0.3) is 27.6 Å². The molecule has 1 aliphatic carbocycles. The maximum absolute atomic E-state index is 14.1. The van der Waals surface area contributed by atoms with Crippen LogP contribution in [-0.2, 0) is 22.6 Å². The first-order valence-electron chi connectivity index (χ1n) is 11.0. The summed E-state index contributed by atoms with van der Waals surface area (Å²) in [6.45, 7) is 4.00. The lowest BCUT2D eigenvalue weighted by molar-refractivity contribution is -0.137. The van der Waals surface area contributed by atoms with E-state index in [9.17, 15) is 34.8 Å². The molecule has 1 heterocycles. The van der Waals surface area contributed by atoms with E-state index in [-0.39, 0.29) is 28.0 Å². The van der Waals surface area contributed by atoms with Crippen molar-refractivity contribution in [2.24, 2.45) is 5.92 Å². The predicted molar refractivity (Wildman–Crippen MR) is 123 cm³/mol. The number of halogens is 6. The first-order valence-corrected chi connectivity index (χ1v) is 12.6. The summed E-state index contributed by atoms with van der Waals surface area (Å²) < 4.78 is 109. The van der Waals surface area contributed by atoms with Gasteiger partial charge in [0.15, 0.2) is 9.84 Å². The molecule has 4 rings (SSSR count). The summed E-state index contributed by atoms with van der Waals surface area (Å²) in [5, 5.41) is -0.380. The predicted octanol–water partition coefficient (Wildman–Crippen LogP) is 7.46. The van der Waals surface area contributed by atoms with E-state index in [1.165, 1.54) is 42.6 Å². The zero-order valence-electron chi connectivity index (χ0n) is 18.9. The summed E-state index contributed by atoms with van der Waals surface area (Å²) in [7, 11) is -4.09. The highest BCUT2D eigenvalue weighted by atomic mass is 32.2. The second-order valence-electron chi connectivity index (χ2n) is 9.18. The van der Waals surface area contributed by atoms with Crippen LogP contribution in [0.5, 0.6) is 0 Å². The highest BCUT2D eigenvalue weighted by Gasteiger charge is 2.41. The quantitative estimate of drug-likeness (QED) is 0.320. The molecule has 1 aromatic heterocycles. The fourth-order valence-corrected chi connectivity index (χ4v) is 5.72. The highest BCUT2D eigenvalue weighted by molar-refractivity contribution is 7.95. The van der Waals surface area contributed by atoms with Crippen molar-refractivity contribution < 1.29 is 34.8 Å². The van der Waals surface area contributed by atoms with Gasteiger partial charge in [0.25, 0.3) is 0 Å². The Labute approximate surface area is 199 Å². The Morgan fingerprint density at radius 1 is 1.06 bits per heavy atom. The van der Waals surface area contributed by atoms with E-state index >= 15 is 0 Å². The molecular weight excluding hydrogens is 492 g/mol. The number of hydrogen-bond donors (Lipinski definition) is 0. The molecule has 0 saturated heterocycles. The molecule has 0 unspecified atom stereocenters. The van der Waals surface area contributed by atoms with Crippen LogP contribution >= 0.6 is 0 Å². The van der Waals surface area contributed by atoms with Crippen molar-refractivity contribution in [1.82, 2.24) is 4.57 Å². The maximum atomic E-state index is 14.1. The molecule has 0 atom stereocenters. The first-order chi connectivity index (χ1) is 16.2. The lowest BCUT2D eigenvalue weighted by atomic mass is 9.97. The molecule has 0 aliphatic heterocycles. The van der Waals surface area contributed by atoms with Gasteiger partial charge in [-0.15, -0.1) is 0 Å². The molecule has 3 nitrogen and oxygen atoms in total. The van der Waals surface area contributed by atoms with Gasteiger partial charge in [-0.3, -0.25) is 0 Å². The van der Waals surface area contributed by atoms with Crippen LogP contribution < -0.4 is 0 Å². The van der Waals surface area contributed by atoms with Crippen LogP contribution in [0.2, 0.25) is 0 Å². The zero-order chi connectivity index (χ0) is 25.8. The normalized spacial score (nSPS) is 15.9. The minimum absolute atomic E-state index is 0.0121. The van der Waals surface area contributed by atoms with E-state index in [1.807, 2.05) is 13.8 Å². The summed E-state index contributed by atoms with van der Waals surface area (Å²) in [6, 6.07) is 9.07. The number of aromatic nitrogens is 1. The third kappa shape index (κ3) is 5.27. The summed E-state index contributed by atoms with van der Waals surface area (Å²) in [5.74, 6) is 0.0121. The van der Waals surface area contributed by atoms with E-state index < -0.39 is 38.6 Å². The Morgan fingerprint density at radius 3 is 2.29 bits per heavy atom. The number of benzene rings is 2. The van der Waals surface area contributed by atoms with Crippen LogP contribution in [0.4, 0.5) is 26.3 Å². The van der Waals surface area contributed by atoms with E-state index in [2.05, 4.69) is 0 Å². The van der Waals surface area contributed by atoms with Crippen LogP contribution in [0.3, 0.4) is 0 Å². The van der Waals surface area contributed by atoms with Crippen LogP contribution in [0.1, 0.15) is 37.8 Å². The number of alkyl halides is 6. The minimum Gasteiger partial charge on any atom is -0.347 e. The topological polar surface area (TPSA) is 39.1 Å². The largest absolute Gasteiger partial charge is 0.417 e. The number of allylic oxidation sites excluding steroid dienone is 1. The third-order valence-electron chi connectivity index (χ3n) is 5.85. The molecule has 1 saturated carbocycles. The van der Waals surface area contributed by atoms with Gasteiger partial charge in [0, 0.05) is 34.6 Å². The maximum Gasteiger partial charge on any atom is 0.417 e. The number of rotatable bonds is 6. The zero-order valence-corrected chi connectivity index (χ0v) is 19.7. The lowest BCUT2D eigenvalue weighted by Gasteiger charge is -2.14. The summed E-state index contributed by atoms with van der Waals surface area (Å²) >= 11 is 0. The third-order valence-corrected chi connectivity index (χ3v) is 7.82. The summed E-state index contributed by atoms with van der Waals surface area (Å²) in [4.78, 5) is 0. The van der Waals surface area contributed by atoms with Crippen LogP contribution in [0, 0.1) is 5.92 Å². The molecule has 1 fully saturated rings. The Kier molecular flexibility index (Phi) is 6.32. The molecule has 1 aliphatic rings. The molecule has 188 valence electrons. The highest BCUT2D eigenvalue weighted by Crippen LogP contribution is 2.43. The standard InChI is InChI=1S/C25H23F6NO2S/c1-15(2)12-32-13-20(22(25(29,30)31)14-35(33,34)17-8-9-17)19-10-7-16(11-23(19)32)18-5-3-4-6-21(18)24(26,27)28/h3-7,10-11,13-15,17H,8-9,12H2,1-2H3. The van der Waals surface area contributed by atoms with Crippen molar-refractivity contribution in [3.8, 4) is 11.1 Å². The first kappa shape index (κ1) is 25.3.